The van der Waals surface area contributed by atoms with Gasteiger partial charge in [-0.1, -0.05) is 0 Å². The van der Waals surface area contributed by atoms with E-state index < -0.39 is 12.0 Å². The van der Waals surface area contributed by atoms with Crippen LogP contribution >= 0.6 is 0 Å². The van der Waals surface area contributed by atoms with Crippen LogP contribution < -0.4 is 0 Å². The summed E-state index contributed by atoms with van der Waals surface area (Å²) in [6.45, 7) is 1.03. The summed E-state index contributed by atoms with van der Waals surface area (Å²) in [5.74, 6) is 0. The number of hydrogen-bond acceptors (Lipinski definition) is 0. The molecule has 0 saturated heterocycles. The second kappa shape index (κ2) is 2.66. The van der Waals surface area contributed by atoms with Crippen molar-refractivity contribution in [3.05, 3.63) is 11.9 Å². The summed E-state index contributed by atoms with van der Waals surface area (Å²) in [5.41, 5.74) is -0.528. The first-order valence-electron chi connectivity index (χ1n) is 1.73. The molecule has 0 fully saturated rings. The van der Waals surface area contributed by atoms with Crippen molar-refractivity contribution in [3.8, 4) is 0 Å². The Morgan fingerprint density at radius 3 is 2.00 bits per heavy atom. The highest BCUT2D eigenvalue weighted by Crippen LogP contribution is 2.05. The van der Waals surface area contributed by atoms with Crippen molar-refractivity contribution in [2.45, 2.75) is 13.3 Å². The lowest BCUT2D eigenvalue weighted by Gasteiger charge is -1.90. The normalized spacial score (nSPS) is 13.0. The van der Waals surface area contributed by atoms with Gasteiger partial charge in [0, 0.05) is 5.57 Å². The van der Waals surface area contributed by atoms with Crippen LogP contribution in [0.3, 0.4) is 0 Å². The van der Waals surface area contributed by atoms with Crippen molar-refractivity contribution < 1.29 is 13.2 Å². The van der Waals surface area contributed by atoms with Crippen molar-refractivity contribution >= 4 is 0 Å². The number of alkyl halides is 2. The predicted molar refractivity (Wildman–Crippen MR) is 20.9 cm³/mol. The van der Waals surface area contributed by atoms with Gasteiger partial charge in [-0.15, -0.1) is 0 Å². The van der Waals surface area contributed by atoms with Gasteiger partial charge in [-0.25, -0.2) is 13.2 Å². The van der Waals surface area contributed by atoms with Crippen LogP contribution in [0.25, 0.3) is 0 Å². The van der Waals surface area contributed by atoms with Gasteiger partial charge < -0.3 is 0 Å². The molecule has 0 aliphatic heterocycles. The standard InChI is InChI=1S/C4H5F3/c1-3(2-5)4(6)7/h2,4H,1H3/b3-2-. The van der Waals surface area contributed by atoms with Crippen LogP contribution in [0.2, 0.25) is 0 Å². The molecule has 0 unspecified atom stereocenters. The summed E-state index contributed by atoms with van der Waals surface area (Å²) in [6.07, 6.45) is -2.74. The van der Waals surface area contributed by atoms with E-state index in [1.54, 1.807) is 0 Å². The molecule has 0 nitrogen and oxygen atoms in total. The molecule has 0 saturated carbocycles. The monoisotopic (exact) mass is 110 g/mol. The van der Waals surface area contributed by atoms with Gasteiger partial charge in [0.2, 0.25) is 0 Å². The predicted octanol–water partition coefficient (Wildman–Crippen LogP) is 2.12. The molecule has 0 rings (SSSR count). The highest BCUT2D eigenvalue weighted by atomic mass is 19.3. The molecule has 0 N–H and O–H groups in total. The first-order chi connectivity index (χ1) is 3.18. The summed E-state index contributed by atoms with van der Waals surface area (Å²) in [4.78, 5) is 0. The van der Waals surface area contributed by atoms with Gasteiger partial charge in [0.25, 0.3) is 6.43 Å². The van der Waals surface area contributed by atoms with Crippen LogP contribution in [0.4, 0.5) is 13.2 Å². The summed E-state index contributed by atoms with van der Waals surface area (Å²) in [5, 5.41) is 0. The van der Waals surface area contributed by atoms with E-state index in [0.717, 1.165) is 6.92 Å². The Hall–Kier alpha value is -0.470. The molecule has 0 aromatic heterocycles. The lowest BCUT2D eigenvalue weighted by Crippen LogP contribution is -1.88. The minimum Gasteiger partial charge on any atom is -0.215 e. The van der Waals surface area contributed by atoms with Gasteiger partial charge in [0.15, 0.2) is 0 Å². The minimum atomic E-state index is -2.65. The van der Waals surface area contributed by atoms with Gasteiger partial charge in [0.1, 0.15) is 0 Å². The minimum absolute atomic E-state index is 0.0926. The van der Waals surface area contributed by atoms with Gasteiger partial charge in [0.05, 0.1) is 6.33 Å². The number of hydrogen-bond donors (Lipinski definition) is 0. The molecule has 0 aromatic carbocycles. The first kappa shape index (κ1) is 6.53. The van der Waals surface area contributed by atoms with Gasteiger partial charge in [-0.2, -0.15) is 0 Å². The number of allylic oxidation sites excluding steroid dienone is 1. The average Bonchev–Trinajstić information content (AvgIpc) is 1.65. The Balaban J connectivity index is 3.56. The molecule has 0 aromatic rings. The maximum Gasteiger partial charge on any atom is 0.262 e. The molecule has 0 bridgehead atoms. The SMILES string of the molecule is C/C(=C/F)C(F)F. The molecule has 0 radical (unpaired) electrons. The van der Waals surface area contributed by atoms with Crippen LogP contribution in [0.1, 0.15) is 6.92 Å². The van der Waals surface area contributed by atoms with Crippen LogP contribution in [-0.2, 0) is 0 Å². The molecule has 7 heavy (non-hydrogen) atoms. The van der Waals surface area contributed by atoms with Crippen molar-refractivity contribution in [2.75, 3.05) is 0 Å². The third-order valence-electron chi connectivity index (χ3n) is 0.516. The summed E-state index contributed by atoms with van der Waals surface area (Å²) in [6, 6.07) is 0. The largest absolute Gasteiger partial charge is 0.262 e. The second-order valence-electron chi connectivity index (χ2n) is 1.15. The Labute approximate surface area is 39.6 Å². The van der Waals surface area contributed by atoms with Crippen molar-refractivity contribution in [1.29, 1.82) is 0 Å². The van der Waals surface area contributed by atoms with E-state index in [-0.39, 0.29) is 6.33 Å². The van der Waals surface area contributed by atoms with E-state index in [4.69, 9.17) is 0 Å². The Morgan fingerprint density at radius 2 is 2.00 bits per heavy atom. The summed E-state index contributed by atoms with van der Waals surface area (Å²) >= 11 is 0. The van der Waals surface area contributed by atoms with Gasteiger partial charge >= 0.3 is 0 Å². The summed E-state index contributed by atoms with van der Waals surface area (Å²) < 4.78 is 33.2. The van der Waals surface area contributed by atoms with Crippen LogP contribution in [-0.4, -0.2) is 6.43 Å². The molecule has 0 spiro atoms. The highest BCUT2D eigenvalue weighted by molar-refractivity contribution is 4.94. The van der Waals surface area contributed by atoms with Crippen LogP contribution in [0, 0.1) is 0 Å². The van der Waals surface area contributed by atoms with E-state index in [1.807, 2.05) is 0 Å². The lowest BCUT2D eigenvalue weighted by molar-refractivity contribution is 0.187. The smallest absolute Gasteiger partial charge is 0.215 e. The maximum atomic E-state index is 11.1. The number of halogens is 3. The molecular formula is C4H5F3. The van der Waals surface area contributed by atoms with E-state index >= 15 is 0 Å². The quantitative estimate of drug-likeness (QED) is 0.485. The molecule has 0 atom stereocenters. The fourth-order valence-electron chi connectivity index (χ4n) is 0.0476. The van der Waals surface area contributed by atoms with Gasteiger partial charge in [-0.05, 0) is 6.92 Å². The lowest BCUT2D eigenvalue weighted by atomic mass is 10.4. The highest BCUT2D eigenvalue weighted by Gasteiger charge is 2.02. The van der Waals surface area contributed by atoms with E-state index in [1.165, 1.54) is 0 Å². The molecule has 0 amide bonds. The van der Waals surface area contributed by atoms with E-state index in [2.05, 4.69) is 0 Å². The topological polar surface area (TPSA) is 0 Å². The molecule has 0 aliphatic carbocycles. The Kier molecular flexibility index (Phi) is 2.48. The number of rotatable bonds is 1. The second-order valence-corrected chi connectivity index (χ2v) is 1.15. The van der Waals surface area contributed by atoms with Crippen molar-refractivity contribution in [1.82, 2.24) is 0 Å². The van der Waals surface area contributed by atoms with Crippen LogP contribution in [0.15, 0.2) is 11.9 Å². The average molecular weight is 110 g/mol. The Bertz CT molecular complexity index is 75.0. The zero-order valence-electron chi connectivity index (χ0n) is 3.79. The first-order valence-corrected chi connectivity index (χ1v) is 1.73. The van der Waals surface area contributed by atoms with Gasteiger partial charge in [-0.3, -0.25) is 0 Å². The van der Waals surface area contributed by atoms with Crippen molar-refractivity contribution in [3.63, 3.8) is 0 Å². The maximum absolute atomic E-state index is 11.1. The fourth-order valence-corrected chi connectivity index (χ4v) is 0.0476. The molecule has 42 valence electrons. The summed E-state index contributed by atoms with van der Waals surface area (Å²) in [7, 11) is 0. The third-order valence-corrected chi connectivity index (χ3v) is 0.516. The van der Waals surface area contributed by atoms with E-state index in [0.29, 0.717) is 0 Å². The van der Waals surface area contributed by atoms with Crippen molar-refractivity contribution in [2.24, 2.45) is 0 Å². The molecule has 0 aliphatic rings. The molecule has 0 heterocycles. The fraction of sp³-hybridized carbons (Fsp3) is 0.500. The molecular weight excluding hydrogens is 105 g/mol. The Morgan fingerprint density at radius 1 is 1.57 bits per heavy atom. The third kappa shape index (κ3) is 2.25. The van der Waals surface area contributed by atoms with Crippen LogP contribution in [0.5, 0.6) is 0 Å². The zero-order chi connectivity index (χ0) is 5.86. The van der Waals surface area contributed by atoms with E-state index in [9.17, 15) is 13.2 Å². The molecule has 3 heteroatoms. The zero-order valence-corrected chi connectivity index (χ0v) is 3.79.